The van der Waals surface area contributed by atoms with Crippen molar-refractivity contribution in [3.05, 3.63) is 65.0 Å². The highest BCUT2D eigenvalue weighted by atomic mass is 32.2. The van der Waals surface area contributed by atoms with E-state index in [0.29, 0.717) is 0 Å². The molecule has 6 nitrogen and oxygen atoms in total. The van der Waals surface area contributed by atoms with Crippen molar-refractivity contribution in [3.63, 3.8) is 0 Å². The van der Waals surface area contributed by atoms with Crippen molar-refractivity contribution in [1.29, 1.82) is 0 Å². The molecular formula is C19H20FNO5S. The first-order valence-electron chi connectivity index (χ1n) is 8.48. The minimum atomic E-state index is -4.05. The van der Waals surface area contributed by atoms with Crippen LogP contribution in [0.1, 0.15) is 21.5 Å². The van der Waals surface area contributed by atoms with Crippen molar-refractivity contribution in [2.45, 2.75) is 18.4 Å². The number of carbonyl (C=O) groups is 1. The summed E-state index contributed by atoms with van der Waals surface area (Å²) in [4.78, 5) is 11.8. The van der Waals surface area contributed by atoms with Crippen LogP contribution >= 0.6 is 0 Å². The lowest BCUT2D eigenvalue weighted by atomic mass is 10.1. The van der Waals surface area contributed by atoms with Crippen molar-refractivity contribution < 1.29 is 27.1 Å². The van der Waals surface area contributed by atoms with Gasteiger partial charge in [0.05, 0.1) is 18.8 Å². The smallest absolute Gasteiger partial charge is 0.338 e. The van der Waals surface area contributed by atoms with Gasteiger partial charge in [0.1, 0.15) is 17.3 Å². The maximum atomic E-state index is 14.2. The van der Waals surface area contributed by atoms with Crippen LogP contribution in [-0.2, 0) is 26.1 Å². The summed E-state index contributed by atoms with van der Waals surface area (Å²) in [5, 5.41) is 0. The summed E-state index contributed by atoms with van der Waals surface area (Å²) in [5.41, 5.74) is 1.83. The molecule has 1 heterocycles. The molecule has 0 saturated carbocycles. The average molecular weight is 393 g/mol. The number of ether oxygens (including phenoxy) is 2. The van der Waals surface area contributed by atoms with Gasteiger partial charge in [0, 0.05) is 13.1 Å². The first-order valence-corrected chi connectivity index (χ1v) is 9.92. The fourth-order valence-electron chi connectivity index (χ4n) is 2.79. The van der Waals surface area contributed by atoms with Gasteiger partial charge in [-0.15, -0.1) is 0 Å². The number of nitrogens with zero attached hydrogens (tertiary/aromatic N) is 1. The highest BCUT2D eigenvalue weighted by molar-refractivity contribution is 7.89. The molecule has 1 aliphatic rings. The third kappa shape index (κ3) is 4.52. The van der Waals surface area contributed by atoms with Crippen molar-refractivity contribution >= 4 is 16.0 Å². The zero-order chi connectivity index (χ0) is 19.4. The van der Waals surface area contributed by atoms with Gasteiger partial charge in [0.2, 0.25) is 10.0 Å². The number of hydrogen-bond donors (Lipinski definition) is 0. The second-order valence-electron chi connectivity index (χ2n) is 6.23. The monoisotopic (exact) mass is 393 g/mol. The number of carbonyl (C=O) groups excluding carboxylic acids is 1. The van der Waals surface area contributed by atoms with Gasteiger partial charge >= 0.3 is 5.97 Å². The summed E-state index contributed by atoms with van der Waals surface area (Å²) in [6.45, 7) is 2.75. The molecule has 144 valence electrons. The van der Waals surface area contributed by atoms with Crippen molar-refractivity contribution in [1.82, 2.24) is 4.31 Å². The summed E-state index contributed by atoms with van der Waals surface area (Å²) in [7, 11) is -4.05. The van der Waals surface area contributed by atoms with Crippen LogP contribution in [0.3, 0.4) is 0 Å². The minimum absolute atomic E-state index is 0.0177. The summed E-state index contributed by atoms with van der Waals surface area (Å²) >= 11 is 0. The third-order valence-corrected chi connectivity index (χ3v) is 6.12. The molecule has 0 bridgehead atoms. The molecule has 0 atom stereocenters. The van der Waals surface area contributed by atoms with Crippen LogP contribution in [0.15, 0.2) is 47.4 Å². The molecule has 0 spiro atoms. The molecule has 1 saturated heterocycles. The van der Waals surface area contributed by atoms with E-state index in [9.17, 15) is 17.6 Å². The number of benzene rings is 2. The van der Waals surface area contributed by atoms with Gasteiger partial charge in [-0.05, 0) is 30.7 Å². The van der Waals surface area contributed by atoms with E-state index in [1.807, 2.05) is 31.2 Å². The third-order valence-electron chi connectivity index (χ3n) is 4.21. The molecule has 0 aromatic heterocycles. The molecule has 1 fully saturated rings. The lowest BCUT2D eigenvalue weighted by molar-refractivity contribution is 0.0472. The number of aryl methyl sites for hydroxylation is 1. The van der Waals surface area contributed by atoms with Crippen LogP contribution in [0, 0.1) is 12.7 Å². The van der Waals surface area contributed by atoms with Gasteiger partial charge in [0.15, 0.2) is 0 Å². The second-order valence-corrected chi connectivity index (χ2v) is 8.13. The Labute approximate surface area is 157 Å². The maximum absolute atomic E-state index is 14.2. The number of halogens is 1. The normalized spacial score (nSPS) is 15.5. The number of esters is 1. The van der Waals surface area contributed by atoms with Gasteiger partial charge in [0.25, 0.3) is 0 Å². The van der Waals surface area contributed by atoms with E-state index >= 15 is 0 Å². The Morgan fingerprint density at radius 1 is 1.19 bits per heavy atom. The Bertz CT molecular complexity index is 939. The van der Waals surface area contributed by atoms with Gasteiger partial charge in [-0.25, -0.2) is 17.6 Å². The van der Waals surface area contributed by atoms with E-state index in [1.165, 1.54) is 6.07 Å². The summed E-state index contributed by atoms with van der Waals surface area (Å²) in [6.07, 6.45) is 0. The highest BCUT2D eigenvalue weighted by Crippen LogP contribution is 2.22. The Balaban J connectivity index is 1.79. The fourth-order valence-corrected chi connectivity index (χ4v) is 4.29. The van der Waals surface area contributed by atoms with E-state index in [1.54, 1.807) is 0 Å². The van der Waals surface area contributed by atoms with Crippen LogP contribution in [0.5, 0.6) is 0 Å². The Morgan fingerprint density at radius 2 is 1.93 bits per heavy atom. The molecular weight excluding hydrogens is 373 g/mol. The fraction of sp³-hybridized carbons (Fsp3) is 0.316. The van der Waals surface area contributed by atoms with Crippen LogP contribution in [-0.4, -0.2) is 45.0 Å². The molecule has 0 radical (unpaired) electrons. The molecule has 1 aliphatic heterocycles. The molecule has 0 amide bonds. The first-order chi connectivity index (χ1) is 12.9. The van der Waals surface area contributed by atoms with Gasteiger partial charge < -0.3 is 9.47 Å². The van der Waals surface area contributed by atoms with Crippen LogP contribution in [0.2, 0.25) is 0 Å². The van der Waals surface area contributed by atoms with E-state index in [-0.39, 0.29) is 38.5 Å². The van der Waals surface area contributed by atoms with E-state index in [4.69, 9.17) is 9.47 Å². The average Bonchev–Trinajstić information content (AvgIpc) is 2.67. The molecule has 27 heavy (non-hydrogen) atoms. The quantitative estimate of drug-likeness (QED) is 0.730. The molecule has 8 heteroatoms. The largest absolute Gasteiger partial charge is 0.457 e. The van der Waals surface area contributed by atoms with Crippen molar-refractivity contribution in [2.24, 2.45) is 0 Å². The summed E-state index contributed by atoms with van der Waals surface area (Å²) < 4.78 is 51.1. The van der Waals surface area contributed by atoms with Crippen LogP contribution in [0.25, 0.3) is 0 Å². The lowest BCUT2D eigenvalue weighted by Crippen LogP contribution is -2.41. The number of rotatable bonds is 5. The van der Waals surface area contributed by atoms with Crippen molar-refractivity contribution in [3.8, 4) is 0 Å². The Kier molecular flexibility index (Phi) is 5.88. The SMILES string of the molecule is Cc1cccc(COC(=O)c2ccc(F)c(S(=O)(=O)N3CCOCC3)c2)c1. The van der Waals surface area contributed by atoms with Gasteiger partial charge in [-0.2, -0.15) is 4.31 Å². The molecule has 2 aromatic rings. The number of sulfonamides is 1. The summed E-state index contributed by atoms with van der Waals surface area (Å²) in [6, 6.07) is 10.7. The molecule has 3 rings (SSSR count). The second kappa shape index (κ2) is 8.16. The zero-order valence-corrected chi connectivity index (χ0v) is 15.7. The van der Waals surface area contributed by atoms with Gasteiger partial charge in [-0.3, -0.25) is 0 Å². The van der Waals surface area contributed by atoms with Gasteiger partial charge in [-0.1, -0.05) is 29.8 Å². The van der Waals surface area contributed by atoms with E-state index < -0.39 is 26.7 Å². The van der Waals surface area contributed by atoms with E-state index in [2.05, 4.69) is 0 Å². The highest BCUT2D eigenvalue weighted by Gasteiger charge is 2.30. The Morgan fingerprint density at radius 3 is 2.63 bits per heavy atom. The summed E-state index contributed by atoms with van der Waals surface area (Å²) in [5.74, 6) is -1.62. The predicted molar refractivity (Wildman–Crippen MR) is 96.3 cm³/mol. The molecule has 2 aromatic carbocycles. The predicted octanol–water partition coefficient (Wildman–Crippen LogP) is 2.51. The Hall–Kier alpha value is -2.29. The number of hydrogen-bond acceptors (Lipinski definition) is 5. The van der Waals surface area contributed by atoms with E-state index in [0.717, 1.165) is 27.6 Å². The standard InChI is InChI=1S/C19H20FNO5S/c1-14-3-2-4-15(11-14)13-26-19(22)16-5-6-17(20)18(12-16)27(23,24)21-7-9-25-10-8-21/h2-6,11-12H,7-10,13H2,1H3. The molecule has 0 unspecified atom stereocenters. The zero-order valence-electron chi connectivity index (χ0n) is 14.9. The van der Waals surface area contributed by atoms with Crippen molar-refractivity contribution in [2.75, 3.05) is 26.3 Å². The first kappa shape index (κ1) is 19.5. The topological polar surface area (TPSA) is 72.9 Å². The minimum Gasteiger partial charge on any atom is -0.457 e. The maximum Gasteiger partial charge on any atom is 0.338 e. The lowest BCUT2D eigenvalue weighted by Gasteiger charge is -2.26. The molecule has 0 N–H and O–H groups in total. The van der Waals surface area contributed by atoms with Crippen LogP contribution in [0.4, 0.5) is 4.39 Å². The molecule has 0 aliphatic carbocycles. The number of morpholine rings is 1. The van der Waals surface area contributed by atoms with Crippen LogP contribution < -0.4 is 0 Å².